The highest BCUT2D eigenvalue weighted by atomic mass is 32.1. The maximum atomic E-state index is 13.3. The molecule has 9 nitrogen and oxygen atoms in total. The summed E-state index contributed by atoms with van der Waals surface area (Å²) in [5.74, 6) is -2.11. The van der Waals surface area contributed by atoms with Crippen molar-refractivity contribution in [1.29, 1.82) is 0 Å². The van der Waals surface area contributed by atoms with Gasteiger partial charge in [0.2, 0.25) is 5.78 Å². The zero-order valence-electron chi connectivity index (χ0n) is 19.9. The van der Waals surface area contributed by atoms with Crippen molar-refractivity contribution in [2.24, 2.45) is 0 Å². The second kappa shape index (κ2) is 11.7. The number of rotatable bonds is 10. The summed E-state index contributed by atoms with van der Waals surface area (Å²) in [4.78, 5) is 52.7. The number of nitrogens with one attached hydrogen (secondary N) is 3. The van der Waals surface area contributed by atoms with Gasteiger partial charge in [-0.25, -0.2) is 4.79 Å². The van der Waals surface area contributed by atoms with Crippen LogP contribution >= 0.6 is 22.7 Å². The number of Topliss-reactive ketones (excluding diaryl/α,β-unsaturated/α-hetero) is 1. The van der Waals surface area contributed by atoms with Crippen LogP contribution < -0.4 is 16.0 Å². The molecule has 3 heterocycles. The van der Waals surface area contributed by atoms with E-state index in [1.165, 1.54) is 23.7 Å². The Morgan fingerprint density at radius 2 is 1.78 bits per heavy atom. The van der Waals surface area contributed by atoms with Gasteiger partial charge >= 0.3 is 5.97 Å². The van der Waals surface area contributed by atoms with E-state index >= 15 is 0 Å². The van der Waals surface area contributed by atoms with E-state index in [4.69, 9.17) is 9.15 Å². The van der Waals surface area contributed by atoms with Crippen molar-refractivity contribution in [3.8, 4) is 0 Å². The lowest BCUT2D eigenvalue weighted by molar-refractivity contribution is 0.0526. The Kier molecular flexibility index (Phi) is 8.16. The lowest BCUT2D eigenvalue weighted by Gasteiger charge is -2.19. The Hall–Kier alpha value is -4.22. The summed E-state index contributed by atoms with van der Waals surface area (Å²) in [6.45, 7) is 3.42. The minimum Gasteiger partial charge on any atom is -0.462 e. The van der Waals surface area contributed by atoms with Crippen molar-refractivity contribution in [3.05, 3.63) is 92.9 Å². The van der Waals surface area contributed by atoms with Crippen LogP contribution in [0.25, 0.3) is 0 Å². The van der Waals surface area contributed by atoms with Crippen LogP contribution in [0.3, 0.4) is 0 Å². The maximum absolute atomic E-state index is 13.3. The summed E-state index contributed by atoms with van der Waals surface area (Å²) >= 11 is 2.20. The summed E-state index contributed by atoms with van der Waals surface area (Å²) in [7, 11) is 0. The number of hydrogen-bond acceptors (Lipinski definition) is 9. The van der Waals surface area contributed by atoms with E-state index in [-0.39, 0.29) is 27.8 Å². The van der Waals surface area contributed by atoms with Crippen LogP contribution in [-0.2, 0) is 4.74 Å². The van der Waals surface area contributed by atoms with Gasteiger partial charge in [0.25, 0.3) is 11.8 Å². The molecule has 4 aromatic rings. The molecule has 0 fully saturated rings. The summed E-state index contributed by atoms with van der Waals surface area (Å²) in [6, 6.07) is 15.3. The van der Waals surface area contributed by atoms with Gasteiger partial charge in [-0.2, -0.15) is 0 Å². The lowest BCUT2D eigenvalue weighted by Crippen LogP contribution is -2.46. The largest absolute Gasteiger partial charge is 0.462 e. The first-order chi connectivity index (χ1) is 17.9. The number of benzene rings is 1. The van der Waals surface area contributed by atoms with Crippen LogP contribution in [0, 0.1) is 6.92 Å². The van der Waals surface area contributed by atoms with Gasteiger partial charge in [-0.3, -0.25) is 14.4 Å². The fourth-order valence-electron chi connectivity index (χ4n) is 3.46. The quantitative estimate of drug-likeness (QED) is 0.144. The first kappa shape index (κ1) is 25.9. The van der Waals surface area contributed by atoms with E-state index in [0.717, 1.165) is 11.3 Å². The zero-order chi connectivity index (χ0) is 26.4. The van der Waals surface area contributed by atoms with Gasteiger partial charge < -0.3 is 25.1 Å². The van der Waals surface area contributed by atoms with Gasteiger partial charge in [0.1, 0.15) is 5.00 Å². The molecule has 190 valence electrons. The number of furan rings is 1. The SMILES string of the molecule is CCOC(=O)c1c(NC(NC(=O)c2ccco2)C(=O)c2cccs2)sc(C(=O)Nc2ccccc2)c1C. The number of thiophene rings is 2. The smallest absolute Gasteiger partial charge is 0.341 e. The van der Waals surface area contributed by atoms with Gasteiger partial charge in [-0.05, 0) is 55.1 Å². The molecular formula is C26H23N3O6S2. The predicted molar refractivity (Wildman–Crippen MR) is 142 cm³/mol. The van der Waals surface area contributed by atoms with Crippen LogP contribution in [-0.4, -0.2) is 36.3 Å². The average molecular weight is 538 g/mol. The molecule has 3 aromatic heterocycles. The van der Waals surface area contributed by atoms with Crippen molar-refractivity contribution >= 4 is 56.9 Å². The molecule has 0 bridgehead atoms. The number of carbonyl (C=O) groups is 4. The van der Waals surface area contributed by atoms with Gasteiger partial charge in [0.05, 0.1) is 28.2 Å². The Labute approximate surface area is 220 Å². The first-order valence-corrected chi connectivity index (χ1v) is 12.9. The summed E-state index contributed by atoms with van der Waals surface area (Å²) in [5.41, 5.74) is 1.09. The van der Waals surface area contributed by atoms with E-state index in [1.807, 2.05) is 6.07 Å². The molecular weight excluding hydrogens is 514 g/mol. The van der Waals surface area contributed by atoms with Gasteiger partial charge in [-0.1, -0.05) is 24.3 Å². The van der Waals surface area contributed by atoms with Crippen molar-refractivity contribution in [1.82, 2.24) is 5.32 Å². The monoisotopic (exact) mass is 537 g/mol. The standard InChI is InChI=1S/C26H23N3O6S2/c1-3-34-26(33)19-15(2)21(24(32)27-16-9-5-4-6-10-16)37-25(19)29-22(20(30)18-12-8-14-36-18)28-23(31)17-11-7-13-35-17/h4-14,22,29H,3H2,1-2H3,(H,27,32)(H,28,31). The van der Waals surface area contributed by atoms with E-state index in [1.54, 1.807) is 61.7 Å². The van der Waals surface area contributed by atoms with Crippen LogP contribution in [0.1, 0.15) is 52.7 Å². The fraction of sp³-hybridized carbons (Fsp3) is 0.154. The Bertz CT molecular complexity index is 1400. The van der Waals surface area contributed by atoms with E-state index in [0.29, 0.717) is 16.1 Å². The molecule has 1 unspecified atom stereocenters. The molecule has 4 rings (SSSR count). The predicted octanol–water partition coefficient (Wildman–Crippen LogP) is 5.19. The van der Waals surface area contributed by atoms with Gasteiger partial charge in [-0.15, -0.1) is 22.7 Å². The molecule has 2 amide bonds. The third kappa shape index (κ3) is 5.96. The third-order valence-corrected chi connectivity index (χ3v) is 7.29. The van der Waals surface area contributed by atoms with Gasteiger partial charge in [0, 0.05) is 5.69 Å². The van der Waals surface area contributed by atoms with Gasteiger partial charge in [0.15, 0.2) is 11.9 Å². The zero-order valence-corrected chi connectivity index (χ0v) is 21.5. The molecule has 1 atom stereocenters. The van der Waals surface area contributed by atoms with Crippen molar-refractivity contribution < 1.29 is 28.3 Å². The van der Waals surface area contributed by atoms with Crippen LogP contribution in [0.2, 0.25) is 0 Å². The molecule has 0 aliphatic heterocycles. The molecule has 3 N–H and O–H groups in total. The molecule has 0 aliphatic rings. The first-order valence-electron chi connectivity index (χ1n) is 11.2. The number of esters is 1. The minimum atomic E-state index is -1.26. The van der Waals surface area contributed by atoms with Crippen molar-refractivity contribution in [2.75, 3.05) is 17.2 Å². The Morgan fingerprint density at radius 3 is 2.43 bits per heavy atom. The number of carbonyl (C=O) groups excluding carboxylic acids is 4. The highest BCUT2D eigenvalue weighted by Crippen LogP contribution is 2.35. The molecule has 0 saturated carbocycles. The third-order valence-electron chi connectivity index (χ3n) is 5.19. The number of anilines is 2. The second-order valence-electron chi connectivity index (χ2n) is 7.67. The van der Waals surface area contributed by atoms with Crippen LogP contribution in [0.4, 0.5) is 10.7 Å². The average Bonchev–Trinajstić information content (AvgIpc) is 3.66. The molecule has 0 spiro atoms. The minimum absolute atomic E-state index is 0.0154. The van der Waals surface area contributed by atoms with Crippen molar-refractivity contribution in [2.45, 2.75) is 20.0 Å². The molecule has 37 heavy (non-hydrogen) atoms. The molecule has 0 radical (unpaired) electrons. The number of para-hydroxylation sites is 1. The highest BCUT2D eigenvalue weighted by Gasteiger charge is 2.31. The number of ketones is 1. The normalized spacial score (nSPS) is 11.4. The molecule has 0 aliphatic carbocycles. The summed E-state index contributed by atoms with van der Waals surface area (Å²) in [6.07, 6.45) is 0.0879. The number of hydrogen-bond donors (Lipinski definition) is 3. The Balaban J connectivity index is 1.69. The topological polar surface area (TPSA) is 127 Å². The maximum Gasteiger partial charge on any atom is 0.341 e. The highest BCUT2D eigenvalue weighted by molar-refractivity contribution is 7.18. The Morgan fingerprint density at radius 1 is 1.00 bits per heavy atom. The molecule has 11 heteroatoms. The second-order valence-corrected chi connectivity index (χ2v) is 9.64. The lowest BCUT2D eigenvalue weighted by atomic mass is 10.1. The van der Waals surface area contributed by atoms with E-state index in [2.05, 4.69) is 16.0 Å². The molecule has 1 aromatic carbocycles. The van der Waals surface area contributed by atoms with Crippen LogP contribution in [0.15, 0.2) is 70.7 Å². The van der Waals surface area contributed by atoms with E-state index in [9.17, 15) is 19.2 Å². The summed E-state index contributed by atoms with van der Waals surface area (Å²) < 4.78 is 10.4. The number of ether oxygens (including phenoxy) is 1. The summed E-state index contributed by atoms with van der Waals surface area (Å²) in [5, 5.41) is 10.3. The van der Waals surface area contributed by atoms with Crippen molar-refractivity contribution in [3.63, 3.8) is 0 Å². The number of amides is 2. The fourth-order valence-corrected chi connectivity index (χ4v) is 5.27. The van der Waals surface area contributed by atoms with Crippen LogP contribution in [0.5, 0.6) is 0 Å². The van der Waals surface area contributed by atoms with E-state index < -0.39 is 29.7 Å². The molecule has 0 saturated heterocycles.